The molecule has 166 valence electrons. The van der Waals surface area contributed by atoms with E-state index in [-0.39, 0.29) is 17.9 Å². The second kappa shape index (κ2) is 7.62. The Hall–Kier alpha value is -3.87. The number of amides is 2. The molecule has 4 heterocycles. The molecule has 33 heavy (non-hydrogen) atoms. The zero-order valence-corrected chi connectivity index (χ0v) is 18.4. The molecule has 1 atom stereocenters. The van der Waals surface area contributed by atoms with E-state index >= 15 is 0 Å². The highest BCUT2D eigenvalue weighted by molar-refractivity contribution is 5.99. The lowest BCUT2D eigenvalue weighted by molar-refractivity contribution is -0.107. The van der Waals surface area contributed by atoms with Gasteiger partial charge in [-0.2, -0.15) is 0 Å². The van der Waals surface area contributed by atoms with Crippen molar-refractivity contribution in [3.05, 3.63) is 66.0 Å². The molecule has 0 saturated heterocycles. The zero-order valence-electron chi connectivity index (χ0n) is 18.4. The van der Waals surface area contributed by atoms with Gasteiger partial charge in [0.25, 0.3) is 5.91 Å². The minimum atomic E-state index is 0.0386. The Labute approximate surface area is 191 Å². The van der Waals surface area contributed by atoms with Crippen molar-refractivity contribution in [3.63, 3.8) is 0 Å². The Kier molecular flexibility index (Phi) is 4.57. The molecule has 1 aliphatic heterocycles. The van der Waals surface area contributed by atoms with Crippen LogP contribution < -0.4 is 4.90 Å². The molecule has 1 fully saturated rings. The third kappa shape index (κ3) is 3.40. The molecule has 0 spiro atoms. The molecule has 6 rings (SSSR count). The first-order valence-electron chi connectivity index (χ1n) is 11.4. The molecule has 0 radical (unpaired) electrons. The smallest absolute Gasteiger partial charge is 0.254 e. The van der Waals surface area contributed by atoms with Gasteiger partial charge in [-0.3, -0.25) is 14.5 Å². The number of anilines is 1. The van der Waals surface area contributed by atoms with Gasteiger partial charge >= 0.3 is 0 Å². The van der Waals surface area contributed by atoms with Gasteiger partial charge in [-0.05, 0) is 65.6 Å². The molecular weight excluding hydrogens is 414 g/mol. The van der Waals surface area contributed by atoms with E-state index in [0.717, 1.165) is 46.8 Å². The third-order valence-electron chi connectivity index (χ3n) is 6.79. The van der Waals surface area contributed by atoms with Crippen LogP contribution in [-0.4, -0.2) is 51.3 Å². The average molecular weight is 440 g/mol. The van der Waals surface area contributed by atoms with E-state index in [2.05, 4.69) is 23.0 Å². The third-order valence-corrected chi connectivity index (χ3v) is 6.79. The van der Waals surface area contributed by atoms with Crippen LogP contribution in [0.1, 0.15) is 35.7 Å². The van der Waals surface area contributed by atoms with Crippen LogP contribution in [0.3, 0.4) is 0 Å². The van der Waals surface area contributed by atoms with Gasteiger partial charge in [0.05, 0.1) is 0 Å². The molecule has 4 aromatic rings. The lowest BCUT2D eigenvalue weighted by Gasteiger charge is -2.32. The summed E-state index contributed by atoms with van der Waals surface area (Å²) in [6.07, 6.45) is 8.84. The van der Waals surface area contributed by atoms with Gasteiger partial charge in [-0.25, -0.2) is 4.98 Å². The van der Waals surface area contributed by atoms with Crippen molar-refractivity contribution in [1.82, 2.24) is 19.9 Å². The second-order valence-corrected chi connectivity index (χ2v) is 9.06. The lowest BCUT2D eigenvalue weighted by Crippen LogP contribution is -2.38. The van der Waals surface area contributed by atoms with Crippen molar-refractivity contribution in [3.8, 4) is 0 Å². The molecule has 2 aliphatic rings. The van der Waals surface area contributed by atoms with E-state index in [1.807, 2.05) is 53.7 Å². The molecule has 2 amide bonds. The summed E-state index contributed by atoms with van der Waals surface area (Å²) >= 11 is 0. The predicted molar refractivity (Wildman–Crippen MR) is 129 cm³/mol. The first kappa shape index (κ1) is 19.8. The number of aromatic amines is 2. The Morgan fingerprint density at radius 1 is 1.15 bits per heavy atom. The molecule has 1 unspecified atom stereocenters. The van der Waals surface area contributed by atoms with Gasteiger partial charge in [-0.1, -0.05) is 19.1 Å². The van der Waals surface area contributed by atoms with Gasteiger partial charge < -0.3 is 14.9 Å². The topological polar surface area (TPSA) is 85.1 Å². The second-order valence-electron chi connectivity index (χ2n) is 9.06. The summed E-state index contributed by atoms with van der Waals surface area (Å²) < 4.78 is 0. The number of aromatic nitrogens is 3. The minimum absolute atomic E-state index is 0.0386. The lowest BCUT2D eigenvalue weighted by atomic mass is 9.89. The normalized spacial score (nSPS) is 18.5. The first-order valence-corrected chi connectivity index (χ1v) is 11.4. The van der Waals surface area contributed by atoms with Gasteiger partial charge in [0, 0.05) is 48.0 Å². The zero-order chi connectivity index (χ0) is 22.5. The maximum Gasteiger partial charge on any atom is 0.254 e. The molecule has 3 aromatic heterocycles. The number of benzene rings is 1. The highest BCUT2D eigenvalue weighted by Crippen LogP contribution is 2.37. The van der Waals surface area contributed by atoms with Crippen molar-refractivity contribution in [2.24, 2.45) is 5.92 Å². The molecule has 0 bridgehead atoms. The molecule has 2 N–H and O–H groups in total. The molecule has 1 saturated carbocycles. The molecule has 1 aliphatic carbocycles. The van der Waals surface area contributed by atoms with E-state index < -0.39 is 0 Å². The maximum absolute atomic E-state index is 13.2. The van der Waals surface area contributed by atoms with Crippen molar-refractivity contribution in [2.45, 2.75) is 25.8 Å². The van der Waals surface area contributed by atoms with Crippen LogP contribution in [0.5, 0.6) is 0 Å². The summed E-state index contributed by atoms with van der Waals surface area (Å²) in [7, 11) is 0. The first-order chi connectivity index (χ1) is 16.1. The highest BCUT2D eigenvalue weighted by Gasteiger charge is 2.31. The van der Waals surface area contributed by atoms with Crippen LogP contribution >= 0.6 is 0 Å². The van der Waals surface area contributed by atoms with Crippen LogP contribution in [0.2, 0.25) is 0 Å². The number of rotatable bonds is 5. The van der Waals surface area contributed by atoms with Crippen LogP contribution in [0, 0.1) is 5.92 Å². The number of pyridine rings is 1. The highest BCUT2D eigenvalue weighted by atomic mass is 16.2. The van der Waals surface area contributed by atoms with Crippen LogP contribution in [0.4, 0.5) is 5.82 Å². The van der Waals surface area contributed by atoms with Gasteiger partial charge in [0.2, 0.25) is 6.41 Å². The summed E-state index contributed by atoms with van der Waals surface area (Å²) in [5.41, 5.74) is 4.71. The summed E-state index contributed by atoms with van der Waals surface area (Å²) in [5, 5.41) is 2.13. The van der Waals surface area contributed by atoms with E-state index in [0.29, 0.717) is 24.5 Å². The maximum atomic E-state index is 13.2. The molecule has 7 nitrogen and oxygen atoms in total. The number of H-pyrrole nitrogens is 2. The van der Waals surface area contributed by atoms with Crippen LogP contribution in [-0.2, 0) is 4.79 Å². The van der Waals surface area contributed by atoms with Crippen LogP contribution in [0.15, 0.2) is 54.9 Å². The summed E-state index contributed by atoms with van der Waals surface area (Å²) in [6.45, 7) is 3.33. The Bertz CT molecular complexity index is 1410. The number of hydrogen-bond acceptors (Lipinski definition) is 3. The van der Waals surface area contributed by atoms with Gasteiger partial charge in [0.1, 0.15) is 11.5 Å². The van der Waals surface area contributed by atoms with Crippen molar-refractivity contribution >= 4 is 45.6 Å². The Morgan fingerprint density at radius 2 is 2.00 bits per heavy atom. The monoisotopic (exact) mass is 439 g/mol. The number of fused-ring (bicyclic) bond motifs is 2. The van der Waals surface area contributed by atoms with Gasteiger partial charge in [-0.15, -0.1) is 0 Å². The molecule has 1 aromatic carbocycles. The van der Waals surface area contributed by atoms with Crippen LogP contribution in [0.25, 0.3) is 27.5 Å². The van der Waals surface area contributed by atoms with Crippen molar-refractivity contribution < 1.29 is 9.59 Å². The van der Waals surface area contributed by atoms with E-state index in [4.69, 9.17) is 4.98 Å². The fourth-order valence-electron chi connectivity index (χ4n) is 4.89. The number of hydrogen-bond donors (Lipinski definition) is 2. The van der Waals surface area contributed by atoms with E-state index in [9.17, 15) is 9.59 Å². The van der Waals surface area contributed by atoms with Crippen molar-refractivity contribution in [1.29, 1.82) is 0 Å². The largest absolute Gasteiger partial charge is 0.361 e. The summed E-state index contributed by atoms with van der Waals surface area (Å²) in [4.78, 5) is 39.7. The summed E-state index contributed by atoms with van der Waals surface area (Å²) in [5.74, 6) is 0.871. The fraction of sp³-hybridized carbons (Fsp3) is 0.269. The van der Waals surface area contributed by atoms with Gasteiger partial charge in [0.15, 0.2) is 0 Å². The Balaban J connectivity index is 1.32. The summed E-state index contributed by atoms with van der Waals surface area (Å²) in [6, 6.07) is 12.1. The van der Waals surface area contributed by atoms with E-state index in [1.54, 1.807) is 4.90 Å². The SMILES string of the molecule is CC1CN(C(=O)c2ccc3cc[nH]c3c2)CC=C1c1cc(N(C=O)C2CC2)nc2[nH]ccc12. The fourth-order valence-corrected chi connectivity index (χ4v) is 4.89. The van der Waals surface area contributed by atoms with E-state index in [1.165, 1.54) is 5.57 Å². The average Bonchev–Trinajstić information content (AvgIpc) is 3.35. The Morgan fingerprint density at radius 3 is 2.79 bits per heavy atom. The minimum Gasteiger partial charge on any atom is -0.361 e. The molecular formula is C26H25N5O2. The number of nitrogens with one attached hydrogen (secondary N) is 2. The number of nitrogens with zero attached hydrogens (tertiary/aromatic N) is 3. The quantitative estimate of drug-likeness (QED) is 0.454. The van der Waals surface area contributed by atoms with Crippen molar-refractivity contribution in [2.75, 3.05) is 18.0 Å². The predicted octanol–water partition coefficient (Wildman–Crippen LogP) is 4.34. The number of carbonyl (C=O) groups is 2. The molecule has 7 heteroatoms. The number of carbonyl (C=O) groups excluding carboxylic acids is 2. The standard InChI is InChI=1S/C26H25N5O2/c1-16-14-30(26(33)18-3-2-17-6-9-27-23(17)12-18)11-8-20(16)22-13-24(31(15-32)19-4-5-19)29-25-21(22)7-10-28-25/h2-3,6-10,12-13,15-16,19,27H,4-5,11,14H2,1H3,(H,28,29).